The Hall–Kier alpha value is -0.850. The lowest BCUT2D eigenvalue weighted by molar-refractivity contribution is 0.0887. The molecule has 2 fully saturated rings. The minimum absolute atomic E-state index is 0.605. The summed E-state index contributed by atoms with van der Waals surface area (Å²) >= 11 is 0. The van der Waals surface area contributed by atoms with E-state index in [2.05, 4.69) is 34.0 Å². The van der Waals surface area contributed by atoms with Gasteiger partial charge >= 0.3 is 0 Å². The first-order valence-electron chi connectivity index (χ1n) is 10.1. The highest BCUT2D eigenvalue weighted by atomic mass is 16.5. The highest BCUT2D eigenvalue weighted by Gasteiger charge is 2.25. The van der Waals surface area contributed by atoms with Crippen LogP contribution in [0.4, 0.5) is 0 Å². The monoisotopic (exact) mass is 354 g/mol. The van der Waals surface area contributed by atoms with Gasteiger partial charge in [0.15, 0.2) is 5.96 Å². The topological polar surface area (TPSA) is 49.3 Å². The predicted molar refractivity (Wildman–Crippen MR) is 103 cm³/mol. The van der Waals surface area contributed by atoms with Crippen LogP contribution < -0.4 is 5.32 Å². The quantitative estimate of drug-likeness (QED) is 0.367. The number of nitrogens with one attached hydrogen (secondary N) is 1. The van der Waals surface area contributed by atoms with Gasteiger partial charge in [0.05, 0.1) is 13.2 Å². The second-order valence-electron chi connectivity index (χ2n) is 7.22. The first-order valence-corrected chi connectivity index (χ1v) is 10.1. The third-order valence-electron chi connectivity index (χ3n) is 5.33. The van der Waals surface area contributed by atoms with Gasteiger partial charge in [0.1, 0.15) is 0 Å². The molecule has 0 aromatic heterocycles. The zero-order valence-corrected chi connectivity index (χ0v) is 16.5. The van der Waals surface area contributed by atoms with Crippen molar-refractivity contribution in [1.82, 2.24) is 15.1 Å². The fourth-order valence-corrected chi connectivity index (χ4v) is 3.69. The molecule has 2 saturated heterocycles. The first-order chi connectivity index (χ1) is 12.3. The van der Waals surface area contributed by atoms with Crippen LogP contribution >= 0.6 is 0 Å². The van der Waals surface area contributed by atoms with Crippen molar-refractivity contribution >= 4 is 5.96 Å². The van der Waals surface area contributed by atoms with E-state index in [1.807, 2.05) is 7.05 Å². The maximum absolute atomic E-state index is 5.77. The lowest BCUT2D eigenvalue weighted by Crippen LogP contribution is -2.41. The number of ether oxygens (including phenoxy) is 2. The first kappa shape index (κ1) is 20.5. The summed E-state index contributed by atoms with van der Waals surface area (Å²) in [5, 5.41) is 3.50. The molecular formula is C19H38N4O2. The van der Waals surface area contributed by atoms with Crippen LogP contribution in [0, 0.1) is 11.8 Å². The lowest BCUT2D eigenvalue weighted by Gasteiger charge is -2.24. The summed E-state index contributed by atoms with van der Waals surface area (Å²) in [5.41, 5.74) is 0. The molecule has 25 heavy (non-hydrogen) atoms. The summed E-state index contributed by atoms with van der Waals surface area (Å²) in [4.78, 5) is 9.40. The van der Waals surface area contributed by atoms with E-state index in [0.717, 1.165) is 83.9 Å². The Morgan fingerprint density at radius 3 is 2.80 bits per heavy atom. The Balaban J connectivity index is 1.57. The van der Waals surface area contributed by atoms with Crippen molar-refractivity contribution in [3.63, 3.8) is 0 Å². The van der Waals surface area contributed by atoms with Gasteiger partial charge in [-0.3, -0.25) is 4.99 Å². The second-order valence-corrected chi connectivity index (χ2v) is 7.22. The molecule has 0 bridgehead atoms. The Labute approximate surface area is 153 Å². The van der Waals surface area contributed by atoms with Crippen molar-refractivity contribution in [2.75, 3.05) is 72.7 Å². The Morgan fingerprint density at radius 2 is 2.12 bits per heavy atom. The molecule has 0 spiro atoms. The third kappa shape index (κ3) is 7.12. The van der Waals surface area contributed by atoms with Crippen LogP contribution in [0.25, 0.3) is 0 Å². The molecule has 2 rings (SSSR count). The van der Waals surface area contributed by atoms with Crippen LogP contribution in [0.15, 0.2) is 4.99 Å². The average molecular weight is 355 g/mol. The number of likely N-dealkylation sites (tertiary alicyclic amines) is 1. The molecule has 2 heterocycles. The van der Waals surface area contributed by atoms with Crippen LogP contribution in [0.5, 0.6) is 0 Å². The highest BCUT2D eigenvalue weighted by molar-refractivity contribution is 5.80. The summed E-state index contributed by atoms with van der Waals surface area (Å²) in [7, 11) is 1.89. The third-order valence-corrected chi connectivity index (χ3v) is 5.33. The molecule has 2 aliphatic heterocycles. The Kier molecular flexibility index (Phi) is 9.58. The van der Waals surface area contributed by atoms with Crippen LogP contribution in [0.2, 0.25) is 0 Å². The van der Waals surface area contributed by atoms with Gasteiger partial charge in [-0.25, -0.2) is 0 Å². The van der Waals surface area contributed by atoms with Gasteiger partial charge in [-0.2, -0.15) is 0 Å². The van der Waals surface area contributed by atoms with Crippen molar-refractivity contribution < 1.29 is 9.47 Å². The Bertz CT molecular complexity index is 382. The molecule has 6 nitrogen and oxygen atoms in total. The maximum Gasteiger partial charge on any atom is 0.193 e. The molecule has 0 aliphatic carbocycles. The summed E-state index contributed by atoms with van der Waals surface area (Å²) < 4.78 is 11.1. The number of nitrogens with zero attached hydrogens (tertiary/aromatic N) is 3. The van der Waals surface area contributed by atoms with E-state index in [1.54, 1.807) is 0 Å². The molecule has 0 saturated carbocycles. The highest BCUT2D eigenvalue weighted by Crippen LogP contribution is 2.17. The standard InChI is InChI=1S/C19H38N4O2/c1-4-22(5-2)13-17-7-10-23(14-17)19(20-3)21-9-6-11-24-15-18-8-12-25-16-18/h17-18H,4-16H2,1-3H3,(H,20,21). The summed E-state index contributed by atoms with van der Waals surface area (Å²) in [5.74, 6) is 2.41. The van der Waals surface area contributed by atoms with Gasteiger partial charge in [-0.05, 0) is 38.3 Å². The van der Waals surface area contributed by atoms with Crippen LogP contribution in [-0.2, 0) is 9.47 Å². The second kappa shape index (κ2) is 11.7. The molecular weight excluding hydrogens is 316 g/mol. The minimum Gasteiger partial charge on any atom is -0.381 e. The molecule has 0 aromatic rings. The minimum atomic E-state index is 0.605. The number of hydrogen-bond donors (Lipinski definition) is 1. The van der Waals surface area contributed by atoms with Gasteiger partial charge in [-0.15, -0.1) is 0 Å². The van der Waals surface area contributed by atoms with Crippen molar-refractivity contribution in [2.45, 2.75) is 33.1 Å². The average Bonchev–Trinajstić information content (AvgIpc) is 3.31. The SMILES string of the molecule is CCN(CC)CC1CCN(C(=NC)NCCCOCC2CCOC2)C1. The largest absolute Gasteiger partial charge is 0.381 e. The van der Waals surface area contributed by atoms with Gasteiger partial charge in [0, 0.05) is 52.4 Å². The summed E-state index contributed by atoms with van der Waals surface area (Å²) in [6, 6.07) is 0. The molecule has 0 amide bonds. The number of aliphatic imine (C=N–C) groups is 1. The predicted octanol–water partition coefficient (Wildman–Crippen LogP) is 1.67. The summed E-state index contributed by atoms with van der Waals surface area (Å²) in [6.45, 7) is 14.6. The Morgan fingerprint density at radius 1 is 1.28 bits per heavy atom. The number of hydrogen-bond acceptors (Lipinski definition) is 4. The van der Waals surface area contributed by atoms with Crippen LogP contribution in [-0.4, -0.2) is 88.5 Å². The van der Waals surface area contributed by atoms with E-state index < -0.39 is 0 Å². The lowest BCUT2D eigenvalue weighted by atomic mass is 10.1. The van der Waals surface area contributed by atoms with Crippen molar-refractivity contribution in [1.29, 1.82) is 0 Å². The van der Waals surface area contributed by atoms with Gasteiger partial charge in [0.2, 0.25) is 0 Å². The van der Waals surface area contributed by atoms with Crippen molar-refractivity contribution in [3.8, 4) is 0 Å². The molecule has 146 valence electrons. The molecule has 6 heteroatoms. The van der Waals surface area contributed by atoms with E-state index >= 15 is 0 Å². The van der Waals surface area contributed by atoms with E-state index in [9.17, 15) is 0 Å². The van der Waals surface area contributed by atoms with E-state index in [-0.39, 0.29) is 0 Å². The van der Waals surface area contributed by atoms with Gasteiger partial charge in [-0.1, -0.05) is 13.8 Å². The van der Waals surface area contributed by atoms with E-state index in [4.69, 9.17) is 9.47 Å². The molecule has 0 aromatic carbocycles. The smallest absolute Gasteiger partial charge is 0.193 e. The van der Waals surface area contributed by atoms with Crippen LogP contribution in [0.1, 0.15) is 33.1 Å². The van der Waals surface area contributed by atoms with Crippen molar-refractivity contribution in [3.05, 3.63) is 0 Å². The number of guanidine groups is 1. The molecule has 2 aliphatic rings. The fourth-order valence-electron chi connectivity index (χ4n) is 3.69. The fraction of sp³-hybridized carbons (Fsp3) is 0.947. The van der Waals surface area contributed by atoms with Gasteiger partial charge < -0.3 is 24.6 Å². The molecule has 0 radical (unpaired) electrons. The van der Waals surface area contributed by atoms with Gasteiger partial charge in [0.25, 0.3) is 0 Å². The normalized spacial score (nSPS) is 24.5. The number of rotatable bonds is 10. The van der Waals surface area contributed by atoms with E-state index in [0.29, 0.717) is 5.92 Å². The van der Waals surface area contributed by atoms with E-state index in [1.165, 1.54) is 13.0 Å². The zero-order valence-electron chi connectivity index (χ0n) is 16.5. The summed E-state index contributed by atoms with van der Waals surface area (Å²) in [6.07, 6.45) is 3.43. The zero-order chi connectivity index (χ0) is 17.9. The van der Waals surface area contributed by atoms with Crippen molar-refractivity contribution in [2.24, 2.45) is 16.8 Å². The molecule has 1 N–H and O–H groups in total. The van der Waals surface area contributed by atoms with Crippen LogP contribution in [0.3, 0.4) is 0 Å². The molecule has 2 unspecified atom stereocenters. The molecule has 2 atom stereocenters. The maximum atomic E-state index is 5.77.